The second kappa shape index (κ2) is 8.05. The van der Waals surface area contributed by atoms with Crippen LogP contribution in [0, 0.1) is 11.8 Å². The van der Waals surface area contributed by atoms with Gasteiger partial charge in [-0.25, -0.2) is 0 Å². The van der Waals surface area contributed by atoms with Crippen LogP contribution in [0.1, 0.15) is 40.0 Å². The molecular formula is C14H27NO2S. The van der Waals surface area contributed by atoms with E-state index in [4.69, 9.17) is 0 Å². The molecule has 4 unspecified atom stereocenters. The van der Waals surface area contributed by atoms with Crippen LogP contribution in [0.25, 0.3) is 0 Å². The minimum atomic E-state index is -0.0978. The number of methoxy groups -OCH3 is 1. The predicted octanol–water partition coefficient (Wildman–Crippen LogP) is 2.70. The van der Waals surface area contributed by atoms with Gasteiger partial charge in [-0.3, -0.25) is 4.79 Å². The number of thioether (sulfide) groups is 1. The molecule has 0 spiro atoms. The van der Waals surface area contributed by atoms with E-state index in [0.29, 0.717) is 17.7 Å². The molecule has 0 aliphatic heterocycles. The minimum absolute atomic E-state index is 0.0978. The largest absolute Gasteiger partial charge is 0.469 e. The van der Waals surface area contributed by atoms with Crippen molar-refractivity contribution in [3.63, 3.8) is 0 Å². The van der Waals surface area contributed by atoms with Crippen molar-refractivity contribution in [2.45, 2.75) is 51.3 Å². The third kappa shape index (κ3) is 4.81. The van der Waals surface area contributed by atoms with Gasteiger partial charge in [-0.1, -0.05) is 20.8 Å². The molecule has 0 heterocycles. The lowest BCUT2D eigenvalue weighted by molar-refractivity contribution is -0.140. The molecule has 0 aromatic rings. The lowest BCUT2D eigenvalue weighted by Gasteiger charge is -2.39. The van der Waals surface area contributed by atoms with Crippen LogP contribution in [-0.4, -0.2) is 36.7 Å². The van der Waals surface area contributed by atoms with Crippen LogP contribution in [0.3, 0.4) is 0 Å². The summed E-state index contributed by atoms with van der Waals surface area (Å²) < 4.78 is 4.69. The van der Waals surface area contributed by atoms with E-state index in [-0.39, 0.29) is 5.97 Å². The van der Waals surface area contributed by atoms with Crippen molar-refractivity contribution in [2.75, 3.05) is 19.4 Å². The van der Waals surface area contributed by atoms with Crippen molar-refractivity contribution < 1.29 is 9.53 Å². The van der Waals surface area contributed by atoms with Crippen molar-refractivity contribution in [1.29, 1.82) is 0 Å². The molecule has 1 rings (SSSR count). The summed E-state index contributed by atoms with van der Waals surface area (Å²) in [4.78, 5) is 11.1. The molecule has 1 aliphatic rings. The van der Waals surface area contributed by atoms with Crippen LogP contribution in [0.5, 0.6) is 0 Å². The molecule has 1 saturated carbocycles. The highest BCUT2D eigenvalue weighted by atomic mass is 32.2. The molecule has 3 nitrogen and oxygen atoms in total. The maximum Gasteiger partial charge on any atom is 0.306 e. The lowest BCUT2D eigenvalue weighted by atomic mass is 9.80. The van der Waals surface area contributed by atoms with Gasteiger partial charge in [0.05, 0.1) is 13.5 Å². The van der Waals surface area contributed by atoms with Crippen LogP contribution < -0.4 is 5.32 Å². The fourth-order valence-corrected chi connectivity index (χ4v) is 4.39. The van der Waals surface area contributed by atoms with E-state index in [2.05, 4.69) is 30.8 Å². The Morgan fingerprint density at radius 3 is 2.72 bits per heavy atom. The molecule has 0 radical (unpaired) electrons. The average molecular weight is 273 g/mol. The number of hydrogen-bond donors (Lipinski definition) is 1. The summed E-state index contributed by atoms with van der Waals surface area (Å²) in [5, 5.41) is 4.24. The Kier molecular flexibility index (Phi) is 7.08. The molecular weight excluding hydrogens is 246 g/mol. The standard InChI is InChI=1S/C14H27NO2S/c1-5-15-12-9-10(2)8-11(3)14(12)18-7-6-13(16)17-4/h10-12,14-15H,5-9H2,1-4H3. The maximum atomic E-state index is 11.1. The Labute approximate surface area is 115 Å². The van der Waals surface area contributed by atoms with E-state index < -0.39 is 0 Å². The molecule has 106 valence electrons. The van der Waals surface area contributed by atoms with E-state index in [9.17, 15) is 4.79 Å². The highest BCUT2D eigenvalue weighted by Gasteiger charge is 2.33. The Morgan fingerprint density at radius 1 is 1.39 bits per heavy atom. The molecule has 0 aromatic carbocycles. The Balaban J connectivity index is 2.45. The number of esters is 1. The van der Waals surface area contributed by atoms with Gasteiger partial charge in [-0.2, -0.15) is 11.8 Å². The maximum absolute atomic E-state index is 11.1. The van der Waals surface area contributed by atoms with E-state index in [1.165, 1.54) is 20.0 Å². The zero-order chi connectivity index (χ0) is 13.5. The fourth-order valence-electron chi connectivity index (χ4n) is 2.95. The van der Waals surface area contributed by atoms with Gasteiger partial charge < -0.3 is 10.1 Å². The second-order valence-corrected chi connectivity index (χ2v) is 6.67. The van der Waals surface area contributed by atoms with Crippen LogP contribution in [-0.2, 0) is 9.53 Å². The topological polar surface area (TPSA) is 38.3 Å². The number of carbonyl (C=O) groups excluding carboxylic acids is 1. The molecule has 0 aromatic heterocycles. The first-order chi connectivity index (χ1) is 8.58. The van der Waals surface area contributed by atoms with E-state index in [1.807, 2.05) is 11.8 Å². The lowest BCUT2D eigenvalue weighted by Crippen LogP contribution is -2.46. The van der Waals surface area contributed by atoms with Crippen molar-refractivity contribution >= 4 is 17.7 Å². The molecule has 0 bridgehead atoms. The smallest absolute Gasteiger partial charge is 0.306 e. The van der Waals surface area contributed by atoms with Gasteiger partial charge in [-0.15, -0.1) is 0 Å². The average Bonchev–Trinajstić information content (AvgIpc) is 2.32. The van der Waals surface area contributed by atoms with Gasteiger partial charge in [0, 0.05) is 17.0 Å². The third-order valence-electron chi connectivity index (χ3n) is 3.70. The number of rotatable bonds is 6. The van der Waals surface area contributed by atoms with Crippen molar-refractivity contribution in [1.82, 2.24) is 5.32 Å². The summed E-state index contributed by atoms with van der Waals surface area (Å²) in [6, 6.07) is 0.594. The summed E-state index contributed by atoms with van der Waals surface area (Å²) in [6.45, 7) is 7.88. The highest BCUT2D eigenvalue weighted by Crippen LogP contribution is 2.36. The van der Waals surface area contributed by atoms with Gasteiger partial charge in [0.15, 0.2) is 0 Å². The van der Waals surface area contributed by atoms with Crippen LogP contribution in [0.15, 0.2) is 0 Å². The number of nitrogens with one attached hydrogen (secondary N) is 1. The number of hydrogen-bond acceptors (Lipinski definition) is 4. The first kappa shape index (κ1) is 15.8. The molecule has 0 saturated heterocycles. The molecule has 1 fully saturated rings. The Morgan fingerprint density at radius 2 is 2.11 bits per heavy atom. The first-order valence-corrected chi connectivity index (χ1v) is 8.05. The molecule has 4 heteroatoms. The summed E-state index contributed by atoms with van der Waals surface area (Å²) in [5.41, 5.74) is 0. The fraction of sp³-hybridized carbons (Fsp3) is 0.929. The third-order valence-corrected chi connectivity index (χ3v) is 5.32. The van der Waals surface area contributed by atoms with Gasteiger partial charge in [0.2, 0.25) is 0 Å². The van der Waals surface area contributed by atoms with Crippen LogP contribution in [0.2, 0.25) is 0 Å². The van der Waals surface area contributed by atoms with E-state index >= 15 is 0 Å². The second-order valence-electron chi connectivity index (χ2n) is 5.38. The summed E-state index contributed by atoms with van der Waals surface area (Å²) in [6.07, 6.45) is 3.09. The van der Waals surface area contributed by atoms with Crippen LogP contribution in [0.4, 0.5) is 0 Å². The van der Waals surface area contributed by atoms with E-state index in [1.54, 1.807) is 0 Å². The van der Waals surface area contributed by atoms with Gasteiger partial charge in [0.1, 0.15) is 0 Å². The Bertz CT molecular complexity index is 260. The summed E-state index contributed by atoms with van der Waals surface area (Å²) in [7, 11) is 1.46. The van der Waals surface area contributed by atoms with Crippen molar-refractivity contribution in [3.05, 3.63) is 0 Å². The zero-order valence-electron chi connectivity index (χ0n) is 12.1. The Hall–Kier alpha value is -0.220. The highest BCUT2D eigenvalue weighted by molar-refractivity contribution is 8.00. The van der Waals surface area contributed by atoms with Gasteiger partial charge >= 0.3 is 5.97 Å². The predicted molar refractivity (Wildman–Crippen MR) is 77.9 cm³/mol. The quantitative estimate of drug-likeness (QED) is 0.755. The summed E-state index contributed by atoms with van der Waals surface area (Å²) >= 11 is 1.94. The molecule has 18 heavy (non-hydrogen) atoms. The van der Waals surface area contributed by atoms with E-state index in [0.717, 1.165) is 24.1 Å². The van der Waals surface area contributed by atoms with Crippen molar-refractivity contribution in [3.8, 4) is 0 Å². The summed E-state index contributed by atoms with van der Waals surface area (Å²) in [5.74, 6) is 2.30. The first-order valence-electron chi connectivity index (χ1n) is 7.00. The van der Waals surface area contributed by atoms with Crippen molar-refractivity contribution in [2.24, 2.45) is 11.8 Å². The zero-order valence-corrected chi connectivity index (χ0v) is 12.9. The monoisotopic (exact) mass is 273 g/mol. The molecule has 1 aliphatic carbocycles. The molecule has 4 atom stereocenters. The van der Waals surface area contributed by atoms with Crippen LogP contribution >= 0.6 is 11.8 Å². The number of carbonyl (C=O) groups is 1. The minimum Gasteiger partial charge on any atom is -0.469 e. The molecule has 0 amide bonds. The van der Waals surface area contributed by atoms with Gasteiger partial charge in [-0.05, 0) is 31.2 Å². The SMILES string of the molecule is CCNC1CC(C)CC(C)C1SCCC(=O)OC. The number of ether oxygens (including phenoxy) is 1. The normalized spacial score (nSPS) is 32.2. The molecule has 1 N–H and O–H groups in total. The van der Waals surface area contributed by atoms with Gasteiger partial charge in [0.25, 0.3) is 0 Å².